The molecular formula is C24H32N2O5. The Morgan fingerprint density at radius 2 is 1.68 bits per heavy atom. The van der Waals surface area contributed by atoms with Crippen molar-refractivity contribution in [3.05, 3.63) is 52.3 Å². The van der Waals surface area contributed by atoms with Crippen molar-refractivity contribution in [2.45, 2.75) is 53.6 Å². The maximum atomic E-state index is 13.6. The summed E-state index contributed by atoms with van der Waals surface area (Å²) in [4.78, 5) is 40.7. The summed E-state index contributed by atoms with van der Waals surface area (Å²) < 4.78 is 11.9. The second kappa shape index (κ2) is 10.3. The maximum absolute atomic E-state index is 13.6. The third kappa shape index (κ3) is 4.65. The largest absolute Gasteiger partial charge is 0.497 e. The van der Waals surface area contributed by atoms with Crippen molar-refractivity contribution >= 4 is 17.7 Å². The number of hydrogen-bond acceptors (Lipinski definition) is 5. The molecular weight excluding hydrogens is 396 g/mol. The molecule has 1 heterocycles. The number of carbonyl (C=O) groups is 3. The van der Waals surface area contributed by atoms with E-state index in [-0.39, 0.29) is 11.7 Å². The lowest BCUT2D eigenvalue weighted by Gasteiger charge is -2.28. The summed E-state index contributed by atoms with van der Waals surface area (Å²) in [6.45, 7) is 10.1. The molecule has 0 radical (unpaired) electrons. The van der Waals surface area contributed by atoms with Crippen LogP contribution in [0.4, 0.5) is 0 Å². The summed E-state index contributed by atoms with van der Waals surface area (Å²) in [6.07, 6.45) is 0.709. The van der Waals surface area contributed by atoms with Crippen LogP contribution in [0.1, 0.15) is 69.7 Å². The number of carbonyl (C=O) groups excluding carboxylic acids is 3. The van der Waals surface area contributed by atoms with Crippen LogP contribution in [0.15, 0.2) is 24.3 Å². The highest BCUT2D eigenvalue weighted by Gasteiger charge is 2.32. The molecule has 0 aliphatic heterocycles. The van der Waals surface area contributed by atoms with Gasteiger partial charge in [-0.05, 0) is 63.9 Å². The van der Waals surface area contributed by atoms with Gasteiger partial charge >= 0.3 is 5.97 Å². The standard InChI is InChI=1S/C24H32N2O5/c1-8-14-26(23(28)18-10-12-19(30-6)13-11-18)17(5)22(27)20-15(3)21(24(29)31-7)25(9-2)16(20)4/h10-13,17H,8-9,14H2,1-7H3. The van der Waals surface area contributed by atoms with Crippen molar-refractivity contribution in [1.29, 1.82) is 0 Å². The van der Waals surface area contributed by atoms with E-state index in [2.05, 4.69) is 0 Å². The first-order valence-corrected chi connectivity index (χ1v) is 10.5. The van der Waals surface area contributed by atoms with Crippen LogP contribution in [0.25, 0.3) is 0 Å². The zero-order valence-electron chi connectivity index (χ0n) is 19.4. The molecule has 7 nitrogen and oxygen atoms in total. The number of ketones is 1. The molecule has 1 aromatic carbocycles. The SMILES string of the molecule is CCCN(C(=O)c1ccc(OC)cc1)C(C)C(=O)c1c(C)c(C(=O)OC)n(CC)c1C. The van der Waals surface area contributed by atoms with E-state index in [0.717, 1.165) is 0 Å². The van der Waals surface area contributed by atoms with Crippen LogP contribution in [0.3, 0.4) is 0 Å². The summed E-state index contributed by atoms with van der Waals surface area (Å²) in [5.74, 6) is -0.231. The first kappa shape index (κ1) is 24.2. The molecule has 7 heteroatoms. The normalized spacial score (nSPS) is 11.7. The minimum absolute atomic E-state index is 0.192. The highest BCUT2D eigenvalue weighted by molar-refractivity contribution is 6.07. The van der Waals surface area contributed by atoms with Gasteiger partial charge in [-0.2, -0.15) is 0 Å². The number of nitrogens with zero attached hydrogens (tertiary/aromatic N) is 2. The van der Waals surface area contributed by atoms with Crippen LogP contribution in [-0.4, -0.2) is 53.9 Å². The number of esters is 1. The number of aromatic nitrogens is 1. The zero-order chi connectivity index (χ0) is 23.3. The number of amides is 1. The fraction of sp³-hybridized carbons (Fsp3) is 0.458. The second-order valence-corrected chi connectivity index (χ2v) is 7.44. The molecule has 0 aliphatic carbocycles. The molecule has 2 rings (SSSR count). The van der Waals surface area contributed by atoms with E-state index in [1.165, 1.54) is 7.11 Å². The Balaban J connectivity index is 2.45. The van der Waals surface area contributed by atoms with Gasteiger partial charge in [-0.3, -0.25) is 9.59 Å². The van der Waals surface area contributed by atoms with Crippen molar-refractivity contribution in [3.8, 4) is 5.75 Å². The summed E-state index contributed by atoms with van der Waals surface area (Å²) in [5, 5.41) is 0. The zero-order valence-corrected chi connectivity index (χ0v) is 19.4. The Morgan fingerprint density at radius 1 is 1.06 bits per heavy atom. The molecule has 0 fully saturated rings. The van der Waals surface area contributed by atoms with Crippen molar-refractivity contribution in [1.82, 2.24) is 9.47 Å². The van der Waals surface area contributed by atoms with E-state index in [9.17, 15) is 14.4 Å². The van der Waals surface area contributed by atoms with Gasteiger partial charge in [-0.15, -0.1) is 0 Å². The van der Waals surface area contributed by atoms with Crippen LogP contribution < -0.4 is 4.74 Å². The number of methoxy groups -OCH3 is 2. The van der Waals surface area contributed by atoms with Crippen molar-refractivity contribution in [3.63, 3.8) is 0 Å². The van der Waals surface area contributed by atoms with Crippen LogP contribution in [0.5, 0.6) is 5.75 Å². The predicted octanol–water partition coefficient (Wildman–Crippen LogP) is 4.04. The highest BCUT2D eigenvalue weighted by atomic mass is 16.5. The fourth-order valence-electron chi connectivity index (χ4n) is 3.98. The average molecular weight is 429 g/mol. The molecule has 0 spiro atoms. The molecule has 0 N–H and O–H groups in total. The third-order valence-corrected chi connectivity index (χ3v) is 5.62. The molecule has 2 aromatic rings. The number of Topliss-reactive ketones (excluding diaryl/α,β-unsaturated/α-hetero) is 1. The van der Waals surface area contributed by atoms with Gasteiger partial charge in [-0.1, -0.05) is 6.92 Å². The second-order valence-electron chi connectivity index (χ2n) is 7.44. The van der Waals surface area contributed by atoms with Crippen LogP contribution in [0, 0.1) is 13.8 Å². The smallest absolute Gasteiger partial charge is 0.354 e. The summed E-state index contributed by atoms with van der Waals surface area (Å²) in [6, 6.07) is 6.15. The molecule has 168 valence electrons. The Labute approximate surface area is 183 Å². The Kier molecular flexibility index (Phi) is 8.02. The van der Waals surface area contributed by atoms with E-state index in [1.807, 2.05) is 20.8 Å². The Hall–Kier alpha value is -3.09. The summed E-state index contributed by atoms with van der Waals surface area (Å²) in [5.41, 5.74) is 2.62. The van der Waals surface area contributed by atoms with Crippen LogP contribution in [-0.2, 0) is 11.3 Å². The predicted molar refractivity (Wildman–Crippen MR) is 119 cm³/mol. The van der Waals surface area contributed by atoms with E-state index in [4.69, 9.17) is 9.47 Å². The lowest BCUT2D eigenvalue weighted by atomic mass is 9.99. The Bertz CT molecular complexity index is 959. The lowest BCUT2D eigenvalue weighted by Crippen LogP contribution is -2.44. The van der Waals surface area contributed by atoms with Gasteiger partial charge in [0.25, 0.3) is 5.91 Å². The van der Waals surface area contributed by atoms with E-state index in [0.29, 0.717) is 53.3 Å². The maximum Gasteiger partial charge on any atom is 0.354 e. The van der Waals surface area contributed by atoms with Gasteiger partial charge in [0, 0.05) is 29.9 Å². The van der Waals surface area contributed by atoms with Gasteiger partial charge in [0.1, 0.15) is 11.4 Å². The third-order valence-electron chi connectivity index (χ3n) is 5.62. The molecule has 1 atom stereocenters. The van der Waals surface area contributed by atoms with Crippen molar-refractivity contribution < 1.29 is 23.9 Å². The number of benzene rings is 1. The van der Waals surface area contributed by atoms with E-state index in [1.54, 1.807) is 54.7 Å². The van der Waals surface area contributed by atoms with E-state index < -0.39 is 12.0 Å². The van der Waals surface area contributed by atoms with Gasteiger partial charge in [0.2, 0.25) is 0 Å². The van der Waals surface area contributed by atoms with Crippen LogP contribution in [0.2, 0.25) is 0 Å². The quantitative estimate of drug-likeness (QED) is 0.445. The molecule has 31 heavy (non-hydrogen) atoms. The molecule has 1 amide bonds. The molecule has 0 aliphatic rings. The molecule has 0 bridgehead atoms. The first-order chi connectivity index (χ1) is 14.7. The molecule has 1 aromatic heterocycles. The molecule has 0 saturated carbocycles. The van der Waals surface area contributed by atoms with Gasteiger partial charge in [-0.25, -0.2) is 4.79 Å². The number of rotatable bonds is 9. The molecule has 1 unspecified atom stereocenters. The minimum atomic E-state index is -0.690. The molecule has 0 saturated heterocycles. The van der Waals surface area contributed by atoms with Gasteiger partial charge in [0.05, 0.1) is 20.3 Å². The average Bonchev–Trinajstić information content (AvgIpc) is 3.04. The van der Waals surface area contributed by atoms with Gasteiger partial charge < -0.3 is 18.9 Å². The minimum Gasteiger partial charge on any atom is -0.497 e. The number of hydrogen-bond donors (Lipinski definition) is 0. The Morgan fingerprint density at radius 3 is 2.16 bits per heavy atom. The van der Waals surface area contributed by atoms with Crippen LogP contribution >= 0.6 is 0 Å². The summed E-state index contributed by atoms with van der Waals surface area (Å²) in [7, 11) is 2.89. The monoisotopic (exact) mass is 428 g/mol. The van der Waals surface area contributed by atoms with Crippen molar-refractivity contribution in [2.24, 2.45) is 0 Å². The summed E-state index contributed by atoms with van der Waals surface area (Å²) >= 11 is 0. The topological polar surface area (TPSA) is 77.8 Å². The fourth-order valence-corrected chi connectivity index (χ4v) is 3.98. The van der Waals surface area contributed by atoms with E-state index >= 15 is 0 Å². The highest BCUT2D eigenvalue weighted by Crippen LogP contribution is 2.26. The van der Waals surface area contributed by atoms with Gasteiger partial charge in [0.15, 0.2) is 5.78 Å². The number of ether oxygens (including phenoxy) is 2. The lowest BCUT2D eigenvalue weighted by molar-refractivity contribution is 0.0586. The van der Waals surface area contributed by atoms with Crippen molar-refractivity contribution in [2.75, 3.05) is 20.8 Å². The first-order valence-electron chi connectivity index (χ1n) is 10.5.